The number of nitrogens with zero attached hydrogens (tertiary/aromatic N) is 1. The summed E-state index contributed by atoms with van der Waals surface area (Å²) in [5, 5.41) is 13.0. The number of nitro benzene ring substituents is 1. The molecule has 0 aliphatic rings. The zero-order chi connectivity index (χ0) is 14.3. The highest BCUT2D eigenvalue weighted by atomic mass is 16.6. The second kappa shape index (κ2) is 6.95. The van der Waals surface area contributed by atoms with Crippen LogP contribution in [0.15, 0.2) is 42.3 Å². The monoisotopic (exact) mass is 262 g/mol. The molecule has 19 heavy (non-hydrogen) atoms. The molecular formula is C13H14N2O4. The van der Waals surface area contributed by atoms with Crippen molar-refractivity contribution in [3.63, 3.8) is 0 Å². The molecule has 0 unspecified atom stereocenters. The van der Waals surface area contributed by atoms with Gasteiger partial charge in [-0.25, -0.2) is 0 Å². The van der Waals surface area contributed by atoms with Crippen molar-refractivity contribution in [2.45, 2.75) is 13.8 Å². The number of carbonyl (C=O) groups is 1. The Bertz CT molecular complexity index is 535. The fraction of sp³-hybridized carbons (Fsp3) is 0.154. The molecule has 0 atom stereocenters. The number of non-ortho nitro benzene ring substituents is 1. The van der Waals surface area contributed by atoms with E-state index >= 15 is 0 Å². The third-order valence-corrected chi connectivity index (χ3v) is 2.29. The molecule has 0 fully saturated rings. The van der Waals surface area contributed by atoms with Gasteiger partial charge in [-0.2, -0.15) is 0 Å². The highest BCUT2D eigenvalue weighted by Gasteiger charge is 2.09. The van der Waals surface area contributed by atoms with Crippen molar-refractivity contribution in [1.29, 1.82) is 0 Å². The number of carbonyl (C=O) groups excluding carboxylic acids is 1. The minimum Gasteiger partial charge on any atom is -0.457 e. The van der Waals surface area contributed by atoms with Crippen LogP contribution in [0.1, 0.15) is 12.5 Å². The Hall–Kier alpha value is -2.63. The van der Waals surface area contributed by atoms with Gasteiger partial charge in [0.15, 0.2) is 0 Å². The number of hydrogen-bond acceptors (Lipinski definition) is 4. The van der Waals surface area contributed by atoms with E-state index in [1.165, 1.54) is 24.4 Å². The highest BCUT2D eigenvalue weighted by Crippen LogP contribution is 2.24. The Morgan fingerprint density at radius 2 is 2.21 bits per heavy atom. The summed E-state index contributed by atoms with van der Waals surface area (Å²) in [6, 6.07) is 4.36. The third kappa shape index (κ3) is 4.27. The van der Waals surface area contributed by atoms with Crippen LogP contribution in [0, 0.1) is 17.0 Å². The van der Waals surface area contributed by atoms with Crippen LogP contribution in [0.2, 0.25) is 0 Å². The number of aryl methyl sites for hydroxylation is 1. The summed E-state index contributed by atoms with van der Waals surface area (Å²) in [5.74, 6) is 1.04. The van der Waals surface area contributed by atoms with Crippen LogP contribution in [0.25, 0.3) is 0 Å². The highest BCUT2D eigenvalue weighted by molar-refractivity contribution is 5.48. The molecule has 6 heteroatoms. The van der Waals surface area contributed by atoms with E-state index in [9.17, 15) is 14.9 Å². The van der Waals surface area contributed by atoms with Crippen LogP contribution in [-0.4, -0.2) is 11.3 Å². The van der Waals surface area contributed by atoms with Gasteiger partial charge in [-0.05, 0) is 37.6 Å². The van der Waals surface area contributed by atoms with E-state index in [2.05, 4.69) is 5.32 Å². The molecule has 1 N–H and O–H groups in total. The Balaban J connectivity index is 2.86. The molecule has 0 bridgehead atoms. The summed E-state index contributed by atoms with van der Waals surface area (Å²) in [4.78, 5) is 20.3. The number of benzene rings is 1. The molecule has 0 radical (unpaired) electrons. The van der Waals surface area contributed by atoms with Gasteiger partial charge in [-0.1, -0.05) is 0 Å². The van der Waals surface area contributed by atoms with E-state index in [-0.39, 0.29) is 5.69 Å². The number of nitrogens with one attached hydrogen (secondary N) is 1. The largest absolute Gasteiger partial charge is 0.457 e. The van der Waals surface area contributed by atoms with Crippen LogP contribution < -0.4 is 10.1 Å². The molecule has 0 aromatic heterocycles. The summed E-state index contributed by atoms with van der Waals surface area (Å²) in [7, 11) is 0. The predicted molar refractivity (Wildman–Crippen MR) is 70.6 cm³/mol. The Kier molecular flexibility index (Phi) is 5.28. The summed E-state index contributed by atoms with van der Waals surface area (Å²) in [6.45, 7) is 3.50. The SMILES string of the molecule is C/C=C(\C=C/NC=O)Oc1ccc([N+](=O)[O-])cc1C. The van der Waals surface area contributed by atoms with Crippen LogP contribution in [0.5, 0.6) is 5.75 Å². The molecule has 0 heterocycles. The van der Waals surface area contributed by atoms with Gasteiger partial charge in [0.05, 0.1) is 4.92 Å². The van der Waals surface area contributed by atoms with Gasteiger partial charge < -0.3 is 10.1 Å². The van der Waals surface area contributed by atoms with Crippen LogP contribution in [0.4, 0.5) is 5.69 Å². The number of amides is 1. The van der Waals surface area contributed by atoms with Crippen molar-refractivity contribution >= 4 is 12.1 Å². The van der Waals surface area contributed by atoms with Crippen LogP contribution >= 0.6 is 0 Å². The zero-order valence-corrected chi connectivity index (χ0v) is 10.6. The molecule has 0 aliphatic heterocycles. The smallest absolute Gasteiger partial charge is 0.269 e. The van der Waals surface area contributed by atoms with E-state index in [1.54, 1.807) is 26.0 Å². The Morgan fingerprint density at radius 3 is 2.74 bits per heavy atom. The molecule has 0 saturated heterocycles. The van der Waals surface area contributed by atoms with E-state index in [0.717, 1.165) is 0 Å². The summed E-state index contributed by atoms with van der Waals surface area (Å²) < 4.78 is 5.57. The first-order valence-corrected chi connectivity index (χ1v) is 5.54. The lowest BCUT2D eigenvalue weighted by molar-refractivity contribution is -0.384. The molecule has 1 amide bonds. The number of nitro groups is 1. The Morgan fingerprint density at radius 1 is 1.47 bits per heavy atom. The zero-order valence-electron chi connectivity index (χ0n) is 10.6. The third-order valence-electron chi connectivity index (χ3n) is 2.29. The molecule has 0 aliphatic carbocycles. The second-order valence-corrected chi connectivity index (χ2v) is 3.62. The molecule has 1 aromatic carbocycles. The lowest BCUT2D eigenvalue weighted by Gasteiger charge is -2.08. The van der Waals surface area contributed by atoms with Crippen molar-refractivity contribution in [3.8, 4) is 5.75 Å². The van der Waals surface area contributed by atoms with Gasteiger partial charge in [0.2, 0.25) is 6.41 Å². The number of hydrogen-bond donors (Lipinski definition) is 1. The molecule has 1 rings (SSSR count). The maximum Gasteiger partial charge on any atom is 0.269 e. The van der Waals surface area contributed by atoms with Crippen molar-refractivity contribution in [3.05, 3.63) is 58.0 Å². The van der Waals surface area contributed by atoms with E-state index in [0.29, 0.717) is 23.5 Å². The second-order valence-electron chi connectivity index (χ2n) is 3.62. The Labute approximate surface area is 110 Å². The summed E-state index contributed by atoms with van der Waals surface area (Å²) in [6.07, 6.45) is 5.27. The van der Waals surface area contributed by atoms with Gasteiger partial charge in [0, 0.05) is 18.3 Å². The molecule has 0 saturated carbocycles. The number of ether oxygens (including phenoxy) is 1. The molecule has 1 aromatic rings. The maximum absolute atomic E-state index is 10.6. The lowest BCUT2D eigenvalue weighted by atomic mass is 10.2. The van der Waals surface area contributed by atoms with Crippen molar-refractivity contribution in [1.82, 2.24) is 5.32 Å². The molecule has 0 spiro atoms. The van der Waals surface area contributed by atoms with Crippen molar-refractivity contribution in [2.24, 2.45) is 0 Å². The van der Waals surface area contributed by atoms with Gasteiger partial charge in [-0.15, -0.1) is 0 Å². The average molecular weight is 262 g/mol. The van der Waals surface area contributed by atoms with Gasteiger partial charge in [-0.3, -0.25) is 14.9 Å². The quantitative estimate of drug-likeness (QED) is 0.281. The summed E-state index contributed by atoms with van der Waals surface area (Å²) >= 11 is 0. The van der Waals surface area contributed by atoms with Crippen molar-refractivity contribution in [2.75, 3.05) is 0 Å². The topological polar surface area (TPSA) is 81.5 Å². The minimum absolute atomic E-state index is 0.0186. The number of rotatable bonds is 6. The average Bonchev–Trinajstić information content (AvgIpc) is 2.39. The minimum atomic E-state index is -0.457. The first kappa shape index (κ1) is 14.4. The molecule has 100 valence electrons. The van der Waals surface area contributed by atoms with Crippen LogP contribution in [0.3, 0.4) is 0 Å². The molecule has 6 nitrogen and oxygen atoms in total. The van der Waals surface area contributed by atoms with E-state index in [1.807, 2.05) is 0 Å². The van der Waals surface area contributed by atoms with Crippen LogP contribution in [-0.2, 0) is 4.79 Å². The number of allylic oxidation sites excluding steroid dienone is 2. The fourth-order valence-electron chi connectivity index (χ4n) is 1.35. The fourth-order valence-corrected chi connectivity index (χ4v) is 1.35. The summed E-state index contributed by atoms with van der Waals surface area (Å²) in [5.41, 5.74) is 0.676. The standard InChI is InChI=1S/C13H14N2O4/c1-3-12(6-7-14-9-16)19-13-5-4-11(15(17)18)8-10(13)2/h3-9H,1-2H3,(H,14,16)/b7-6-,12-3+. The van der Waals surface area contributed by atoms with Gasteiger partial charge >= 0.3 is 0 Å². The predicted octanol–water partition coefficient (Wildman–Crippen LogP) is 2.45. The van der Waals surface area contributed by atoms with E-state index < -0.39 is 4.92 Å². The molecular weight excluding hydrogens is 248 g/mol. The first-order chi connectivity index (χ1) is 9.08. The normalized spacial score (nSPS) is 11.4. The van der Waals surface area contributed by atoms with Crippen molar-refractivity contribution < 1.29 is 14.5 Å². The first-order valence-electron chi connectivity index (χ1n) is 5.54. The lowest BCUT2D eigenvalue weighted by Crippen LogP contribution is -2.01. The van der Waals surface area contributed by atoms with Gasteiger partial charge in [0.25, 0.3) is 5.69 Å². The van der Waals surface area contributed by atoms with Gasteiger partial charge in [0.1, 0.15) is 11.5 Å². The maximum atomic E-state index is 10.6. The van der Waals surface area contributed by atoms with E-state index in [4.69, 9.17) is 4.74 Å².